The lowest BCUT2D eigenvalue weighted by molar-refractivity contribution is 1.17. The molecule has 0 atom stereocenters. The van der Waals surface area contributed by atoms with Gasteiger partial charge in [0, 0.05) is 51.4 Å². The number of hydrogen-bond donors (Lipinski definition) is 0. The molecule has 10 rings (SSSR count). The Morgan fingerprint density at radius 1 is 0.278 bits per heavy atom. The fourth-order valence-corrected chi connectivity index (χ4v) is 6.76. The van der Waals surface area contributed by atoms with Gasteiger partial charge >= 0.3 is 0 Å². The smallest absolute Gasteiger partial charge is 0.179 e. The highest BCUT2D eigenvalue weighted by atomic mass is 14.9. The second-order valence-electron chi connectivity index (χ2n) is 12.7. The van der Waals surface area contributed by atoms with E-state index in [0.29, 0.717) is 34.6 Å². The molecule has 9 heteroatoms. The lowest BCUT2D eigenvalue weighted by atomic mass is 9.95. The summed E-state index contributed by atoms with van der Waals surface area (Å²) in [5.74, 6) is 1.60. The molecule has 54 heavy (non-hydrogen) atoms. The van der Waals surface area contributed by atoms with Crippen molar-refractivity contribution in [3.05, 3.63) is 164 Å². The molecule has 0 saturated heterocycles. The molecule has 0 fully saturated rings. The number of nitrogens with zero attached hydrogens (tertiary/aromatic N) is 9. The third-order valence-electron chi connectivity index (χ3n) is 9.24. The summed E-state index contributed by atoms with van der Waals surface area (Å²) in [5, 5.41) is 2.72. The van der Waals surface area contributed by atoms with Crippen LogP contribution in [0.3, 0.4) is 0 Å². The van der Waals surface area contributed by atoms with Crippen LogP contribution in [0.1, 0.15) is 0 Å². The van der Waals surface area contributed by atoms with Crippen molar-refractivity contribution in [3.8, 4) is 68.3 Å². The third kappa shape index (κ3) is 5.66. The van der Waals surface area contributed by atoms with Crippen LogP contribution in [0.15, 0.2) is 164 Å². The Morgan fingerprint density at radius 2 is 0.574 bits per heavy atom. The van der Waals surface area contributed by atoms with Crippen molar-refractivity contribution < 1.29 is 0 Å². The minimum atomic E-state index is 0.533. The van der Waals surface area contributed by atoms with Gasteiger partial charge in [-0.25, -0.2) is 29.9 Å². The molecule has 0 unspecified atom stereocenters. The van der Waals surface area contributed by atoms with E-state index in [0.717, 1.165) is 66.5 Å². The normalized spacial score (nSPS) is 11.3. The Kier molecular flexibility index (Phi) is 7.58. The molecule has 9 nitrogen and oxygen atoms in total. The van der Waals surface area contributed by atoms with E-state index in [2.05, 4.69) is 51.4 Å². The molecule has 0 amide bonds. The van der Waals surface area contributed by atoms with Crippen LogP contribution < -0.4 is 0 Å². The zero-order valence-electron chi connectivity index (χ0n) is 28.6. The first kappa shape index (κ1) is 31.1. The van der Waals surface area contributed by atoms with Crippen LogP contribution in [-0.4, -0.2) is 44.9 Å². The van der Waals surface area contributed by atoms with Crippen molar-refractivity contribution in [1.82, 2.24) is 44.9 Å². The van der Waals surface area contributed by atoms with Crippen LogP contribution in [-0.2, 0) is 0 Å². The highest BCUT2D eigenvalue weighted by Gasteiger charge is 2.20. The molecule has 0 bridgehead atoms. The lowest BCUT2D eigenvalue weighted by Gasteiger charge is -2.15. The molecule has 0 N–H and O–H groups in total. The minimum Gasteiger partial charge on any atom is -0.253 e. The summed E-state index contributed by atoms with van der Waals surface area (Å²) in [4.78, 5) is 44.2. The van der Waals surface area contributed by atoms with Crippen LogP contribution in [0.25, 0.3) is 101 Å². The largest absolute Gasteiger partial charge is 0.253 e. The van der Waals surface area contributed by atoms with Crippen molar-refractivity contribution in [3.63, 3.8) is 0 Å². The maximum atomic E-state index is 5.21. The molecule has 0 aliphatic carbocycles. The molecule has 10 aromatic rings. The number of hydrogen-bond acceptors (Lipinski definition) is 9. The van der Waals surface area contributed by atoms with E-state index in [4.69, 9.17) is 29.9 Å². The minimum absolute atomic E-state index is 0.533. The number of aromatic nitrogens is 9. The van der Waals surface area contributed by atoms with E-state index in [-0.39, 0.29) is 0 Å². The van der Waals surface area contributed by atoms with E-state index in [1.54, 1.807) is 18.6 Å². The van der Waals surface area contributed by atoms with Gasteiger partial charge in [-0.3, -0.25) is 15.0 Å². The zero-order valence-corrected chi connectivity index (χ0v) is 28.6. The number of para-hydroxylation sites is 3. The summed E-state index contributed by atoms with van der Waals surface area (Å²) >= 11 is 0. The number of pyridine rings is 3. The molecule has 4 aromatic carbocycles. The van der Waals surface area contributed by atoms with E-state index in [9.17, 15) is 0 Å². The number of rotatable bonds is 6. The Labute approximate surface area is 309 Å². The Hall–Kier alpha value is -7.65. The third-order valence-corrected chi connectivity index (χ3v) is 9.24. The van der Waals surface area contributed by atoms with Crippen LogP contribution in [0, 0.1) is 0 Å². The van der Waals surface area contributed by atoms with Gasteiger partial charge in [-0.1, -0.05) is 72.8 Å². The van der Waals surface area contributed by atoms with Gasteiger partial charge in [0.1, 0.15) is 17.1 Å². The second kappa shape index (κ2) is 13.2. The molecule has 252 valence electrons. The van der Waals surface area contributed by atoms with E-state index >= 15 is 0 Å². The molecule has 0 radical (unpaired) electrons. The molecule has 0 saturated carbocycles. The summed E-state index contributed by atoms with van der Waals surface area (Å²) in [7, 11) is 0. The highest BCUT2D eigenvalue weighted by Crippen LogP contribution is 2.39. The first-order valence-electron chi connectivity index (χ1n) is 17.5. The van der Waals surface area contributed by atoms with Gasteiger partial charge < -0.3 is 0 Å². The Bertz CT molecular complexity index is 2650. The van der Waals surface area contributed by atoms with Crippen molar-refractivity contribution in [1.29, 1.82) is 0 Å². The molecule has 0 spiro atoms. The van der Waals surface area contributed by atoms with E-state index in [1.165, 1.54) is 0 Å². The average Bonchev–Trinajstić information content (AvgIpc) is 3.26. The van der Waals surface area contributed by atoms with Crippen molar-refractivity contribution in [2.45, 2.75) is 0 Å². The van der Waals surface area contributed by atoms with E-state index in [1.807, 2.05) is 109 Å². The van der Waals surface area contributed by atoms with Gasteiger partial charge in [-0.05, 0) is 72.8 Å². The van der Waals surface area contributed by atoms with E-state index < -0.39 is 0 Å². The summed E-state index contributed by atoms with van der Waals surface area (Å²) in [5.41, 5.74) is 9.36. The van der Waals surface area contributed by atoms with Gasteiger partial charge in [-0.15, -0.1) is 0 Å². The quantitative estimate of drug-likeness (QED) is 0.168. The summed E-state index contributed by atoms with van der Waals surface area (Å²) in [6.45, 7) is 0. The predicted octanol–water partition coefficient (Wildman–Crippen LogP) is 9.70. The Morgan fingerprint density at radius 3 is 0.870 bits per heavy atom. The maximum Gasteiger partial charge on any atom is 0.179 e. The van der Waals surface area contributed by atoms with Crippen LogP contribution >= 0.6 is 0 Å². The number of benzene rings is 4. The highest BCUT2D eigenvalue weighted by molar-refractivity contribution is 6.01. The summed E-state index contributed by atoms with van der Waals surface area (Å²) in [6, 6.07) is 47.8. The summed E-state index contributed by atoms with van der Waals surface area (Å²) < 4.78 is 0. The van der Waals surface area contributed by atoms with Crippen molar-refractivity contribution >= 4 is 32.7 Å². The monoisotopic (exact) mass is 693 g/mol. The standard InChI is InChI=1S/C45H27N9/c1-4-16-34-31(13-1)40(52-43(49-34)37-19-7-10-22-46-37)28-25-29(41-32-14-2-5-17-35(32)50-44(53-41)38-20-8-11-23-47-38)27-30(26-28)42-33-15-3-6-18-36(33)51-45(54-42)39-21-9-12-24-48-39/h1-27H. The van der Waals surface area contributed by atoms with Gasteiger partial charge in [0.2, 0.25) is 0 Å². The van der Waals surface area contributed by atoms with Gasteiger partial charge in [0.15, 0.2) is 17.5 Å². The maximum absolute atomic E-state index is 5.21. The zero-order chi connectivity index (χ0) is 35.8. The predicted molar refractivity (Wildman–Crippen MR) is 212 cm³/mol. The second-order valence-corrected chi connectivity index (χ2v) is 12.7. The van der Waals surface area contributed by atoms with Crippen molar-refractivity contribution in [2.75, 3.05) is 0 Å². The topological polar surface area (TPSA) is 116 Å². The van der Waals surface area contributed by atoms with Gasteiger partial charge in [0.25, 0.3) is 0 Å². The molecular weight excluding hydrogens is 667 g/mol. The Balaban J connectivity index is 1.30. The van der Waals surface area contributed by atoms with Crippen LogP contribution in [0.5, 0.6) is 0 Å². The molecule has 6 aromatic heterocycles. The SMILES string of the molecule is c1ccc(-c2nc(-c3cc(-c4nc(-c5ccccn5)nc5ccccc45)cc(-c4nc(-c5ccccn5)nc5ccccc45)c3)c3ccccc3n2)nc1. The molecule has 0 aliphatic heterocycles. The lowest BCUT2D eigenvalue weighted by Crippen LogP contribution is -2.00. The van der Waals surface area contributed by atoms with Crippen LogP contribution in [0.4, 0.5) is 0 Å². The fourth-order valence-electron chi connectivity index (χ4n) is 6.76. The fraction of sp³-hybridized carbons (Fsp3) is 0. The number of fused-ring (bicyclic) bond motifs is 3. The summed E-state index contributed by atoms with van der Waals surface area (Å²) in [6.07, 6.45) is 5.27. The first-order valence-corrected chi connectivity index (χ1v) is 17.5. The van der Waals surface area contributed by atoms with Gasteiger partial charge in [0.05, 0.1) is 33.6 Å². The molecular formula is C45H27N9. The van der Waals surface area contributed by atoms with Crippen LogP contribution in [0.2, 0.25) is 0 Å². The molecule has 6 heterocycles. The van der Waals surface area contributed by atoms with Crippen molar-refractivity contribution in [2.24, 2.45) is 0 Å². The van der Waals surface area contributed by atoms with Gasteiger partial charge in [-0.2, -0.15) is 0 Å². The average molecular weight is 694 g/mol. The first-order chi connectivity index (χ1) is 26.7. The molecule has 0 aliphatic rings.